The summed E-state index contributed by atoms with van der Waals surface area (Å²) in [6, 6.07) is 1.11. The van der Waals surface area contributed by atoms with E-state index in [-0.39, 0.29) is 0 Å². The Hall–Kier alpha value is -0.0800. The Kier molecular flexibility index (Phi) is 5.07. The van der Waals surface area contributed by atoms with Crippen LogP contribution in [0.25, 0.3) is 0 Å². The molecule has 0 spiro atoms. The van der Waals surface area contributed by atoms with Crippen LogP contribution in [0.1, 0.15) is 47.0 Å². The Morgan fingerprint density at radius 2 is 1.87 bits per heavy atom. The van der Waals surface area contributed by atoms with E-state index in [1.165, 1.54) is 25.8 Å². The molecule has 0 aromatic heterocycles. The van der Waals surface area contributed by atoms with Gasteiger partial charge >= 0.3 is 0 Å². The summed E-state index contributed by atoms with van der Waals surface area (Å²) in [7, 11) is 0. The normalized spacial score (nSPS) is 30.8. The highest BCUT2D eigenvalue weighted by atomic mass is 15.2. The van der Waals surface area contributed by atoms with Crippen LogP contribution in [-0.4, -0.2) is 30.1 Å². The highest BCUT2D eigenvalue weighted by Gasteiger charge is 2.25. The van der Waals surface area contributed by atoms with E-state index in [0.29, 0.717) is 12.1 Å². The van der Waals surface area contributed by atoms with Crippen molar-refractivity contribution in [2.75, 3.05) is 13.1 Å². The van der Waals surface area contributed by atoms with Gasteiger partial charge in [-0.05, 0) is 38.0 Å². The molecule has 90 valence electrons. The summed E-state index contributed by atoms with van der Waals surface area (Å²) in [4.78, 5) is 2.58. The van der Waals surface area contributed by atoms with Crippen molar-refractivity contribution in [3.8, 4) is 0 Å². The van der Waals surface area contributed by atoms with E-state index < -0.39 is 0 Å². The van der Waals surface area contributed by atoms with Gasteiger partial charge < -0.3 is 5.73 Å². The van der Waals surface area contributed by atoms with Crippen LogP contribution in [0.4, 0.5) is 0 Å². The lowest BCUT2D eigenvalue weighted by molar-refractivity contribution is 0.115. The number of nitrogens with two attached hydrogens (primary N) is 1. The van der Waals surface area contributed by atoms with Crippen molar-refractivity contribution in [2.24, 2.45) is 17.6 Å². The minimum atomic E-state index is 0.398. The second-order valence-corrected chi connectivity index (χ2v) is 5.88. The number of hydrogen-bond donors (Lipinski definition) is 1. The Labute approximate surface area is 95.2 Å². The molecular weight excluding hydrogens is 184 g/mol. The first-order valence-electron chi connectivity index (χ1n) is 6.48. The third-order valence-corrected chi connectivity index (χ3v) is 3.51. The zero-order valence-corrected chi connectivity index (χ0v) is 10.9. The van der Waals surface area contributed by atoms with Crippen molar-refractivity contribution >= 4 is 0 Å². The molecule has 0 bridgehead atoms. The molecule has 1 aliphatic rings. The van der Waals surface area contributed by atoms with Crippen molar-refractivity contribution in [3.05, 3.63) is 0 Å². The minimum Gasteiger partial charge on any atom is -0.327 e. The van der Waals surface area contributed by atoms with E-state index in [1.54, 1.807) is 0 Å². The topological polar surface area (TPSA) is 29.3 Å². The smallest absolute Gasteiger partial charge is 0.0170 e. The summed E-state index contributed by atoms with van der Waals surface area (Å²) >= 11 is 0. The van der Waals surface area contributed by atoms with Gasteiger partial charge in [0.1, 0.15) is 0 Å². The van der Waals surface area contributed by atoms with Gasteiger partial charge in [-0.15, -0.1) is 0 Å². The molecule has 2 N–H and O–H groups in total. The molecule has 2 heteroatoms. The minimum absolute atomic E-state index is 0.398. The van der Waals surface area contributed by atoms with Crippen LogP contribution in [0.3, 0.4) is 0 Å². The second kappa shape index (κ2) is 5.86. The predicted molar refractivity (Wildman–Crippen MR) is 66.9 cm³/mol. The van der Waals surface area contributed by atoms with Crippen LogP contribution in [0.2, 0.25) is 0 Å². The Morgan fingerprint density at radius 3 is 2.40 bits per heavy atom. The largest absolute Gasteiger partial charge is 0.327 e. The highest BCUT2D eigenvalue weighted by Crippen LogP contribution is 2.20. The molecule has 1 saturated heterocycles. The molecule has 1 heterocycles. The summed E-state index contributed by atoms with van der Waals surface area (Å²) in [5.41, 5.74) is 6.07. The molecule has 1 fully saturated rings. The average molecular weight is 212 g/mol. The molecule has 1 aliphatic heterocycles. The molecule has 0 aromatic rings. The highest BCUT2D eigenvalue weighted by molar-refractivity contribution is 4.82. The summed E-state index contributed by atoms with van der Waals surface area (Å²) < 4.78 is 0. The van der Waals surface area contributed by atoms with Crippen molar-refractivity contribution in [2.45, 2.75) is 59.0 Å². The van der Waals surface area contributed by atoms with Gasteiger partial charge in [0.2, 0.25) is 0 Å². The Morgan fingerprint density at radius 1 is 1.20 bits per heavy atom. The van der Waals surface area contributed by atoms with Crippen molar-refractivity contribution in [1.82, 2.24) is 4.90 Å². The first kappa shape index (κ1) is 13.0. The lowest BCUT2D eigenvalue weighted by Gasteiger charge is -2.38. The number of likely N-dealkylation sites (tertiary alicyclic amines) is 1. The number of nitrogens with zero attached hydrogens (tertiary/aromatic N) is 1. The molecule has 2 nitrogen and oxygen atoms in total. The molecule has 0 aromatic carbocycles. The number of piperidine rings is 1. The molecule has 3 unspecified atom stereocenters. The molecule has 0 amide bonds. The number of rotatable bonds is 4. The fourth-order valence-corrected chi connectivity index (χ4v) is 2.56. The van der Waals surface area contributed by atoms with Gasteiger partial charge in [0, 0.05) is 25.2 Å². The van der Waals surface area contributed by atoms with E-state index in [0.717, 1.165) is 18.4 Å². The third kappa shape index (κ3) is 4.52. The lowest BCUT2D eigenvalue weighted by Crippen LogP contribution is -2.49. The van der Waals surface area contributed by atoms with Gasteiger partial charge in [0.05, 0.1) is 0 Å². The summed E-state index contributed by atoms with van der Waals surface area (Å²) in [5.74, 6) is 1.60. The van der Waals surface area contributed by atoms with Crippen LogP contribution in [0.5, 0.6) is 0 Å². The van der Waals surface area contributed by atoms with E-state index in [9.17, 15) is 0 Å². The van der Waals surface area contributed by atoms with Crippen molar-refractivity contribution in [3.63, 3.8) is 0 Å². The Bertz CT molecular complexity index is 169. The third-order valence-electron chi connectivity index (χ3n) is 3.51. The maximum absolute atomic E-state index is 6.07. The lowest BCUT2D eigenvalue weighted by atomic mass is 9.94. The van der Waals surface area contributed by atoms with Gasteiger partial charge in [0.25, 0.3) is 0 Å². The fraction of sp³-hybridized carbons (Fsp3) is 1.00. The maximum atomic E-state index is 6.07. The molecular formula is C13H28N2. The predicted octanol–water partition coefficient (Wildman–Crippen LogP) is 2.48. The first-order chi connectivity index (χ1) is 6.99. The van der Waals surface area contributed by atoms with Crippen molar-refractivity contribution in [1.29, 1.82) is 0 Å². The second-order valence-electron chi connectivity index (χ2n) is 5.88. The van der Waals surface area contributed by atoms with Crippen LogP contribution >= 0.6 is 0 Å². The molecule has 3 atom stereocenters. The summed E-state index contributed by atoms with van der Waals surface area (Å²) in [6.07, 6.45) is 3.85. The summed E-state index contributed by atoms with van der Waals surface area (Å²) in [6.45, 7) is 11.6. The van der Waals surface area contributed by atoms with E-state index >= 15 is 0 Å². The van der Waals surface area contributed by atoms with Crippen molar-refractivity contribution < 1.29 is 0 Å². The van der Waals surface area contributed by atoms with Gasteiger partial charge in [0.15, 0.2) is 0 Å². The Balaban J connectivity index is 2.34. The fourth-order valence-electron chi connectivity index (χ4n) is 2.56. The molecule has 0 saturated carbocycles. The van der Waals surface area contributed by atoms with E-state index in [1.807, 2.05) is 0 Å². The van der Waals surface area contributed by atoms with Gasteiger partial charge in [-0.2, -0.15) is 0 Å². The van der Waals surface area contributed by atoms with Gasteiger partial charge in [-0.3, -0.25) is 4.90 Å². The summed E-state index contributed by atoms with van der Waals surface area (Å²) in [5, 5.41) is 0. The van der Waals surface area contributed by atoms with Gasteiger partial charge in [-0.1, -0.05) is 20.8 Å². The van der Waals surface area contributed by atoms with E-state index in [4.69, 9.17) is 5.73 Å². The monoisotopic (exact) mass is 212 g/mol. The molecule has 15 heavy (non-hydrogen) atoms. The standard InChI is InChI=1S/C13H28N2/c1-10(2)5-6-12(4)15-8-11(3)7-13(14)9-15/h10-13H,5-9,14H2,1-4H3. The van der Waals surface area contributed by atoms with Crippen LogP contribution in [0.15, 0.2) is 0 Å². The quantitative estimate of drug-likeness (QED) is 0.776. The molecule has 1 rings (SSSR count). The molecule has 0 radical (unpaired) electrons. The first-order valence-corrected chi connectivity index (χ1v) is 6.48. The molecule has 0 aliphatic carbocycles. The van der Waals surface area contributed by atoms with Crippen LogP contribution in [-0.2, 0) is 0 Å². The zero-order valence-electron chi connectivity index (χ0n) is 10.9. The average Bonchev–Trinajstić information content (AvgIpc) is 2.12. The van der Waals surface area contributed by atoms with E-state index in [2.05, 4.69) is 32.6 Å². The SMILES string of the molecule is CC(C)CCC(C)N1CC(C)CC(N)C1. The number of hydrogen-bond acceptors (Lipinski definition) is 2. The maximum Gasteiger partial charge on any atom is 0.0170 e. The van der Waals surface area contributed by atoms with Crippen LogP contribution in [0, 0.1) is 11.8 Å². The van der Waals surface area contributed by atoms with Crippen LogP contribution < -0.4 is 5.73 Å². The van der Waals surface area contributed by atoms with Gasteiger partial charge in [-0.25, -0.2) is 0 Å². The zero-order chi connectivity index (χ0) is 11.4.